The summed E-state index contributed by atoms with van der Waals surface area (Å²) in [7, 11) is -0.579. The second kappa shape index (κ2) is 6.87. The molecule has 2 heteroatoms. The van der Waals surface area contributed by atoms with Gasteiger partial charge in [-0.05, 0) is 36.3 Å². The van der Waals surface area contributed by atoms with Crippen molar-refractivity contribution in [3.8, 4) is 0 Å². The van der Waals surface area contributed by atoms with Crippen molar-refractivity contribution in [3.05, 3.63) is 90.5 Å². The lowest BCUT2D eigenvalue weighted by Gasteiger charge is -2.23. The predicted molar refractivity (Wildman–Crippen MR) is 97.8 cm³/mol. The smallest absolute Gasteiger partial charge is 0.0272 e. The van der Waals surface area contributed by atoms with E-state index in [1.807, 2.05) is 0 Å². The Balaban J connectivity index is 2.19. The third-order valence-electron chi connectivity index (χ3n) is 3.70. The molecule has 3 rings (SSSR count). The molecule has 0 heterocycles. The second-order valence-corrected chi connectivity index (χ2v) is 7.54. The fourth-order valence-corrected chi connectivity index (χ4v) is 5.22. The van der Waals surface area contributed by atoms with Crippen LogP contribution in [0.5, 0.6) is 0 Å². The number of nitrogens with two attached hydrogens (primary N) is 1. The third kappa shape index (κ3) is 3.11. The Bertz CT molecular complexity index is 683. The molecule has 0 saturated carbocycles. The molecule has 110 valence electrons. The van der Waals surface area contributed by atoms with E-state index in [4.69, 9.17) is 5.73 Å². The Hall–Kier alpha value is -1.95. The third-order valence-corrected chi connectivity index (χ3v) is 6.22. The topological polar surface area (TPSA) is 26.0 Å². The summed E-state index contributed by atoms with van der Waals surface area (Å²) in [6.07, 6.45) is 0. The van der Waals surface area contributed by atoms with Crippen molar-refractivity contribution in [3.63, 3.8) is 0 Å². The summed E-state index contributed by atoms with van der Waals surface area (Å²) in [6.45, 7) is 2.06. The minimum absolute atomic E-state index is 0.0358. The maximum Gasteiger partial charge on any atom is 0.0272 e. The van der Waals surface area contributed by atoms with Crippen LogP contribution < -0.4 is 21.6 Å². The first-order chi connectivity index (χ1) is 10.8. The molecule has 1 atom stereocenters. The first-order valence-electron chi connectivity index (χ1n) is 7.52. The average Bonchev–Trinajstić information content (AvgIpc) is 2.57. The molecule has 0 bridgehead atoms. The summed E-state index contributed by atoms with van der Waals surface area (Å²) in [5, 5.41) is 4.07. The minimum atomic E-state index is -0.579. The fourth-order valence-electron chi connectivity index (χ4n) is 2.66. The highest BCUT2D eigenvalue weighted by atomic mass is 31.1. The Kier molecular flexibility index (Phi) is 4.68. The van der Waals surface area contributed by atoms with Crippen LogP contribution in [0, 0.1) is 0 Å². The molecular weight excluding hydrogens is 285 g/mol. The van der Waals surface area contributed by atoms with Gasteiger partial charge in [-0.1, -0.05) is 84.9 Å². The molecule has 3 aromatic carbocycles. The first-order valence-corrected chi connectivity index (χ1v) is 8.86. The van der Waals surface area contributed by atoms with Gasteiger partial charge >= 0.3 is 0 Å². The van der Waals surface area contributed by atoms with E-state index in [1.165, 1.54) is 21.5 Å². The molecule has 2 N–H and O–H groups in total. The Labute approximate surface area is 133 Å². The van der Waals surface area contributed by atoms with E-state index in [0.29, 0.717) is 0 Å². The molecular formula is C20H20NP. The van der Waals surface area contributed by atoms with Crippen LogP contribution >= 0.6 is 7.92 Å². The Morgan fingerprint density at radius 2 is 1.14 bits per heavy atom. The van der Waals surface area contributed by atoms with Gasteiger partial charge in [0.15, 0.2) is 0 Å². The van der Waals surface area contributed by atoms with Crippen LogP contribution in [-0.4, -0.2) is 0 Å². The van der Waals surface area contributed by atoms with Crippen molar-refractivity contribution in [1.29, 1.82) is 0 Å². The van der Waals surface area contributed by atoms with E-state index in [0.717, 1.165) is 0 Å². The van der Waals surface area contributed by atoms with Crippen molar-refractivity contribution >= 4 is 23.8 Å². The van der Waals surface area contributed by atoms with Crippen molar-refractivity contribution in [1.82, 2.24) is 0 Å². The van der Waals surface area contributed by atoms with Gasteiger partial charge < -0.3 is 5.73 Å². The standard InChI is InChI=1S/C20H20NP/c1-16(21)19-14-8-9-15-20(19)22(17-10-4-2-5-11-17)18-12-6-3-7-13-18/h2-16H,21H2,1H3. The van der Waals surface area contributed by atoms with Crippen LogP contribution in [0.4, 0.5) is 0 Å². The lowest BCUT2D eigenvalue weighted by atomic mass is 10.1. The van der Waals surface area contributed by atoms with E-state index < -0.39 is 7.92 Å². The van der Waals surface area contributed by atoms with E-state index >= 15 is 0 Å². The quantitative estimate of drug-likeness (QED) is 0.734. The van der Waals surface area contributed by atoms with E-state index in [2.05, 4.69) is 91.9 Å². The van der Waals surface area contributed by atoms with Crippen LogP contribution in [0.25, 0.3) is 0 Å². The summed E-state index contributed by atoms with van der Waals surface area (Å²) in [5.41, 5.74) is 7.46. The summed E-state index contributed by atoms with van der Waals surface area (Å²) in [6, 6.07) is 30.1. The van der Waals surface area contributed by atoms with E-state index in [-0.39, 0.29) is 6.04 Å². The molecule has 0 spiro atoms. The molecule has 1 unspecified atom stereocenters. The Morgan fingerprint density at radius 1 is 0.682 bits per heavy atom. The van der Waals surface area contributed by atoms with Crippen molar-refractivity contribution in [2.24, 2.45) is 5.73 Å². The van der Waals surface area contributed by atoms with Crippen LogP contribution in [0.2, 0.25) is 0 Å². The lowest BCUT2D eigenvalue weighted by molar-refractivity contribution is 0.824. The second-order valence-electron chi connectivity index (χ2n) is 5.35. The average molecular weight is 305 g/mol. The van der Waals surface area contributed by atoms with Gasteiger partial charge in [-0.15, -0.1) is 0 Å². The molecule has 1 nitrogen and oxygen atoms in total. The van der Waals surface area contributed by atoms with Gasteiger partial charge in [0.25, 0.3) is 0 Å². The number of hydrogen-bond donors (Lipinski definition) is 1. The van der Waals surface area contributed by atoms with Crippen LogP contribution in [0.1, 0.15) is 18.5 Å². The van der Waals surface area contributed by atoms with E-state index in [9.17, 15) is 0 Å². The van der Waals surface area contributed by atoms with Crippen LogP contribution in [0.15, 0.2) is 84.9 Å². The summed E-state index contributed by atoms with van der Waals surface area (Å²) in [4.78, 5) is 0. The zero-order valence-electron chi connectivity index (χ0n) is 12.7. The summed E-state index contributed by atoms with van der Waals surface area (Å²) < 4.78 is 0. The summed E-state index contributed by atoms with van der Waals surface area (Å²) in [5.74, 6) is 0. The normalized spacial score (nSPS) is 12.3. The molecule has 0 fully saturated rings. The van der Waals surface area contributed by atoms with Crippen LogP contribution in [-0.2, 0) is 0 Å². The largest absolute Gasteiger partial charge is 0.324 e. The van der Waals surface area contributed by atoms with E-state index in [1.54, 1.807) is 0 Å². The number of rotatable bonds is 4. The maximum atomic E-state index is 6.22. The zero-order chi connectivity index (χ0) is 15.4. The molecule has 3 aromatic rings. The van der Waals surface area contributed by atoms with Gasteiger partial charge in [0.1, 0.15) is 0 Å². The van der Waals surface area contributed by atoms with Gasteiger partial charge in [-0.25, -0.2) is 0 Å². The SMILES string of the molecule is CC(N)c1ccccc1P(c1ccccc1)c1ccccc1. The van der Waals surface area contributed by atoms with Gasteiger partial charge in [0, 0.05) is 6.04 Å². The molecule has 0 aliphatic carbocycles. The number of hydrogen-bond acceptors (Lipinski definition) is 1. The number of benzene rings is 3. The van der Waals surface area contributed by atoms with Gasteiger partial charge in [0.05, 0.1) is 0 Å². The van der Waals surface area contributed by atoms with Crippen molar-refractivity contribution in [2.45, 2.75) is 13.0 Å². The molecule has 22 heavy (non-hydrogen) atoms. The first kappa shape index (κ1) is 15.0. The molecule has 0 radical (unpaired) electrons. The highest BCUT2D eigenvalue weighted by Crippen LogP contribution is 2.34. The van der Waals surface area contributed by atoms with Crippen molar-refractivity contribution in [2.75, 3.05) is 0 Å². The fraction of sp³-hybridized carbons (Fsp3) is 0.100. The lowest BCUT2D eigenvalue weighted by Crippen LogP contribution is -2.25. The Morgan fingerprint density at radius 3 is 1.64 bits per heavy atom. The van der Waals surface area contributed by atoms with Crippen LogP contribution in [0.3, 0.4) is 0 Å². The molecule has 0 amide bonds. The highest BCUT2D eigenvalue weighted by molar-refractivity contribution is 7.79. The molecule has 0 saturated heterocycles. The predicted octanol–water partition coefficient (Wildman–Crippen LogP) is 3.46. The van der Waals surface area contributed by atoms with Gasteiger partial charge in [-0.3, -0.25) is 0 Å². The van der Waals surface area contributed by atoms with Crippen molar-refractivity contribution < 1.29 is 0 Å². The van der Waals surface area contributed by atoms with Gasteiger partial charge in [0.2, 0.25) is 0 Å². The monoisotopic (exact) mass is 305 g/mol. The molecule has 0 aliphatic heterocycles. The highest BCUT2D eigenvalue weighted by Gasteiger charge is 2.20. The maximum absolute atomic E-state index is 6.22. The molecule has 0 aliphatic rings. The molecule has 0 aromatic heterocycles. The zero-order valence-corrected chi connectivity index (χ0v) is 13.6. The van der Waals surface area contributed by atoms with Gasteiger partial charge in [-0.2, -0.15) is 0 Å². The summed E-state index contributed by atoms with van der Waals surface area (Å²) >= 11 is 0. The minimum Gasteiger partial charge on any atom is -0.324 e.